The van der Waals surface area contributed by atoms with Crippen LogP contribution in [0.3, 0.4) is 0 Å². The number of esters is 1. The highest BCUT2D eigenvalue weighted by molar-refractivity contribution is 6.08. The molecule has 7 nitrogen and oxygen atoms in total. The van der Waals surface area contributed by atoms with Crippen LogP contribution in [-0.4, -0.2) is 37.9 Å². The number of aliphatic hydroxyl groups is 1. The van der Waals surface area contributed by atoms with Crippen LogP contribution in [0.4, 0.5) is 11.5 Å². The van der Waals surface area contributed by atoms with E-state index in [0.29, 0.717) is 0 Å². The van der Waals surface area contributed by atoms with Crippen molar-refractivity contribution >= 4 is 39.4 Å². The minimum Gasteiger partial charge on any atom is -0.434 e. The molecule has 0 atom stereocenters. The van der Waals surface area contributed by atoms with Gasteiger partial charge < -0.3 is 19.3 Å². The number of carbonyl (C=O) groups excluding carboxylic acids is 1. The van der Waals surface area contributed by atoms with Gasteiger partial charge in [0.2, 0.25) is 5.79 Å². The Balaban J connectivity index is 1.62. The highest BCUT2D eigenvalue weighted by Gasteiger charge is 2.31. The third kappa shape index (κ3) is 4.42. The fraction of sp³-hybridized carbons (Fsp3) is 0.281. The van der Waals surface area contributed by atoms with E-state index in [4.69, 9.17) is 9.72 Å². The number of hydrogen-bond acceptors (Lipinski definition) is 6. The molecule has 3 aromatic heterocycles. The summed E-state index contributed by atoms with van der Waals surface area (Å²) in [7, 11) is 0. The number of aryl methyl sites for hydroxylation is 2. The summed E-state index contributed by atoms with van der Waals surface area (Å²) in [5, 5.41) is 11.3. The van der Waals surface area contributed by atoms with E-state index < -0.39 is 11.8 Å². The molecule has 4 heterocycles. The second-order valence-electron chi connectivity index (χ2n) is 10.9. The number of hydrogen-bond donors (Lipinski definition) is 1. The number of carbonyl (C=O) groups is 1. The van der Waals surface area contributed by atoms with Crippen LogP contribution in [-0.2, 0) is 22.5 Å². The van der Waals surface area contributed by atoms with Crippen LogP contribution < -0.4 is 4.90 Å². The van der Waals surface area contributed by atoms with Crippen molar-refractivity contribution in [2.24, 2.45) is 0 Å². The molecular formula is C32H32N4O3. The zero-order valence-electron chi connectivity index (χ0n) is 22.9. The summed E-state index contributed by atoms with van der Waals surface area (Å²) >= 11 is 0. The lowest BCUT2D eigenvalue weighted by Crippen LogP contribution is -2.30. The first-order valence-electron chi connectivity index (χ1n) is 13.3. The molecule has 0 fully saturated rings. The monoisotopic (exact) mass is 520 g/mol. The van der Waals surface area contributed by atoms with Crippen molar-refractivity contribution in [2.45, 2.75) is 53.4 Å². The molecule has 6 rings (SSSR count). The molecule has 1 aliphatic rings. The molecule has 0 spiro atoms. The molecule has 0 bridgehead atoms. The Morgan fingerprint density at radius 3 is 2.54 bits per heavy atom. The molecule has 39 heavy (non-hydrogen) atoms. The molecule has 198 valence electrons. The third-order valence-corrected chi connectivity index (χ3v) is 7.47. The number of nitrogens with zero attached hydrogens (tertiary/aromatic N) is 4. The van der Waals surface area contributed by atoms with E-state index in [1.165, 1.54) is 25.1 Å². The van der Waals surface area contributed by atoms with Gasteiger partial charge in [-0.1, -0.05) is 29.8 Å². The van der Waals surface area contributed by atoms with Crippen molar-refractivity contribution in [1.29, 1.82) is 0 Å². The average Bonchev–Trinajstić information content (AvgIpc) is 3.22. The lowest BCUT2D eigenvalue weighted by Gasteiger charge is -2.34. The summed E-state index contributed by atoms with van der Waals surface area (Å²) in [5.74, 6) is -1.18. The Morgan fingerprint density at radius 2 is 1.79 bits per heavy atom. The van der Waals surface area contributed by atoms with Crippen LogP contribution >= 0.6 is 0 Å². The van der Waals surface area contributed by atoms with Gasteiger partial charge in [-0.05, 0) is 73.4 Å². The van der Waals surface area contributed by atoms with Crippen molar-refractivity contribution in [2.75, 3.05) is 11.4 Å². The molecule has 0 amide bonds. The van der Waals surface area contributed by atoms with Gasteiger partial charge in [-0.15, -0.1) is 0 Å². The molecule has 2 aromatic carbocycles. The standard InChI is InChI=1S/C32H32N4O3/c1-19-8-10-22(11-9-19)29-23(18-28(37)39-32(4,5)38)21(3)30-31-24(29)17-20(2)35(31)15-16-36(30)27-13-12-25-26(34-27)7-6-14-33-25/h6-14,17,38H,15-16,18H2,1-5H3. The highest BCUT2D eigenvalue weighted by atomic mass is 16.7. The lowest BCUT2D eigenvalue weighted by molar-refractivity contribution is -0.194. The predicted octanol–water partition coefficient (Wildman–Crippen LogP) is 6.14. The Morgan fingerprint density at radius 1 is 1.03 bits per heavy atom. The fourth-order valence-electron chi connectivity index (χ4n) is 5.78. The van der Waals surface area contributed by atoms with E-state index in [2.05, 4.69) is 65.6 Å². The first-order valence-corrected chi connectivity index (χ1v) is 13.3. The van der Waals surface area contributed by atoms with Crippen LogP contribution in [0.1, 0.15) is 36.2 Å². The van der Waals surface area contributed by atoms with Crippen molar-refractivity contribution < 1.29 is 14.6 Å². The molecule has 1 N–H and O–H groups in total. The van der Waals surface area contributed by atoms with E-state index in [0.717, 1.165) is 68.8 Å². The minimum absolute atomic E-state index is 0.0368. The van der Waals surface area contributed by atoms with E-state index in [1.54, 1.807) is 6.20 Å². The van der Waals surface area contributed by atoms with Gasteiger partial charge in [-0.2, -0.15) is 0 Å². The SMILES string of the molecule is Cc1ccc(-c2c(CC(=O)OC(C)(C)O)c(C)c3c4c2cc(C)n4CCN3c2ccc3ncccc3n2)cc1. The first-order chi connectivity index (χ1) is 18.6. The molecule has 5 aromatic rings. The normalized spacial score (nSPS) is 13.3. The molecule has 0 aliphatic carbocycles. The van der Waals surface area contributed by atoms with Gasteiger partial charge in [0.25, 0.3) is 0 Å². The van der Waals surface area contributed by atoms with Crippen LogP contribution in [0.5, 0.6) is 0 Å². The van der Waals surface area contributed by atoms with Gasteiger partial charge in [0.15, 0.2) is 0 Å². The zero-order valence-corrected chi connectivity index (χ0v) is 22.9. The predicted molar refractivity (Wildman–Crippen MR) is 154 cm³/mol. The van der Waals surface area contributed by atoms with E-state index >= 15 is 0 Å². The summed E-state index contributed by atoms with van der Waals surface area (Å²) in [5.41, 5.74) is 10.2. The van der Waals surface area contributed by atoms with E-state index in [9.17, 15) is 9.90 Å². The maximum atomic E-state index is 13.1. The van der Waals surface area contributed by atoms with E-state index in [1.807, 2.05) is 24.3 Å². The van der Waals surface area contributed by atoms with Crippen molar-refractivity contribution in [1.82, 2.24) is 14.5 Å². The van der Waals surface area contributed by atoms with Crippen LogP contribution in [0.25, 0.3) is 33.1 Å². The lowest BCUT2D eigenvalue weighted by atomic mass is 9.88. The third-order valence-electron chi connectivity index (χ3n) is 7.47. The van der Waals surface area contributed by atoms with Crippen LogP contribution in [0.2, 0.25) is 0 Å². The fourth-order valence-corrected chi connectivity index (χ4v) is 5.78. The summed E-state index contributed by atoms with van der Waals surface area (Å²) < 4.78 is 7.74. The maximum absolute atomic E-state index is 13.1. The summed E-state index contributed by atoms with van der Waals surface area (Å²) in [6.45, 7) is 10.8. The van der Waals surface area contributed by atoms with Gasteiger partial charge in [0.1, 0.15) is 5.82 Å². The molecule has 0 unspecified atom stereocenters. The number of pyridine rings is 2. The Labute approximate surface area is 227 Å². The number of fused-ring (bicyclic) bond motifs is 1. The second kappa shape index (κ2) is 9.20. The summed E-state index contributed by atoms with van der Waals surface area (Å²) in [4.78, 5) is 24.8. The van der Waals surface area contributed by atoms with Crippen molar-refractivity contribution in [3.8, 4) is 11.1 Å². The quantitative estimate of drug-likeness (QED) is 0.221. The van der Waals surface area contributed by atoms with Crippen LogP contribution in [0, 0.1) is 20.8 Å². The maximum Gasteiger partial charge on any atom is 0.312 e. The van der Waals surface area contributed by atoms with Crippen molar-refractivity contribution in [3.05, 3.63) is 83.2 Å². The largest absolute Gasteiger partial charge is 0.434 e. The molecule has 0 saturated carbocycles. The Bertz CT molecular complexity index is 1750. The molecule has 0 saturated heterocycles. The summed E-state index contributed by atoms with van der Waals surface area (Å²) in [6.07, 6.45) is 1.81. The number of ether oxygens (including phenoxy) is 1. The topological polar surface area (TPSA) is 80.5 Å². The summed E-state index contributed by atoms with van der Waals surface area (Å²) in [6, 6.07) is 18.5. The van der Waals surface area contributed by atoms with Gasteiger partial charge in [-0.3, -0.25) is 9.78 Å². The van der Waals surface area contributed by atoms with E-state index in [-0.39, 0.29) is 6.42 Å². The van der Waals surface area contributed by atoms with Crippen LogP contribution in [0.15, 0.2) is 60.8 Å². The van der Waals surface area contributed by atoms with Gasteiger partial charge in [0.05, 0.1) is 28.7 Å². The number of anilines is 2. The second-order valence-corrected chi connectivity index (χ2v) is 10.9. The Hall–Kier alpha value is -4.23. The average molecular weight is 521 g/mol. The van der Waals surface area contributed by atoms with Gasteiger partial charge in [-0.25, -0.2) is 4.98 Å². The Kier molecular flexibility index (Phi) is 5.92. The van der Waals surface area contributed by atoms with Crippen molar-refractivity contribution in [3.63, 3.8) is 0 Å². The van der Waals surface area contributed by atoms with Gasteiger partial charge >= 0.3 is 5.97 Å². The first kappa shape index (κ1) is 25.1. The van der Waals surface area contributed by atoms with Gasteiger partial charge in [0, 0.05) is 44.2 Å². The smallest absolute Gasteiger partial charge is 0.312 e. The molecular weight excluding hydrogens is 488 g/mol. The molecule has 1 aliphatic heterocycles. The molecule has 7 heteroatoms. The highest BCUT2D eigenvalue weighted by Crippen LogP contribution is 2.46. The molecule has 0 radical (unpaired) electrons. The minimum atomic E-state index is -1.55. The number of benzene rings is 2. The zero-order chi connectivity index (χ0) is 27.5. The number of rotatable bonds is 5. The number of aromatic nitrogens is 3.